The number of hydrogen-bond donors (Lipinski definition) is 3. The minimum atomic E-state index is -3.79. The van der Waals surface area contributed by atoms with Crippen LogP contribution in [0, 0.1) is 49.9 Å². The first-order valence-electron chi connectivity index (χ1n) is 32.5. The first-order chi connectivity index (χ1) is 49.3. The van der Waals surface area contributed by atoms with Crippen molar-refractivity contribution in [2.45, 2.75) is 90.2 Å². The summed E-state index contributed by atoms with van der Waals surface area (Å²) in [6, 6.07) is 21.5. The van der Waals surface area contributed by atoms with Gasteiger partial charge in [0, 0.05) is 133 Å². The van der Waals surface area contributed by atoms with E-state index in [-0.39, 0.29) is 156 Å². The Morgan fingerprint density at radius 3 is 1.25 bits per heavy atom. The van der Waals surface area contributed by atoms with Crippen molar-refractivity contribution in [1.82, 2.24) is 68.4 Å². The molecule has 9 aromatic rings. The molecule has 0 bridgehead atoms. The maximum Gasteiger partial charge on any atom is 0.255 e. The molecule has 3 saturated heterocycles. The summed E-state index contributed by atoms with van der Waals surface area (Å²) in [7, 11) is -8.07. The molecule has 0 radical (unpaired) electrons. The largest absolute Gasteiger partial charge is 0.351 e. The number of pyridine rings is 4. The van der Waals surface area contributed by atoms with Crippen molar-refractivity contribution in [1.29, 1.82) is 0 Å². The molecule has 3 N–H and O–H groups in total. The zero-order chi connectivity index (χ0) is 75.1. The standard InChI is InChI=1S/C24H24ClFN4O3S.2C23H24ClF2N5O3S/c1-17-6-7-19(20(25)14-17)23(31)29-16-24(22-21(26)5-3-11-28-22)8-12-30(13-9-24)34(32,33)18-4-2-10-27-15-18;1-15-10-18(24)17(11-20(15)26)22(32)28-14-23(21-19(25)4-3-7-27-21)5-8-31(9-6-23)35(33,34)16-12-29-30(2)13-16;1-15-5-6-17(25)19(20(15)24)22(32)28-14-23(21-18(26)4-3-9-27-21)7-10-31(11-8-23)35(33,34)16-12-29-30(2)13-16/h2-7,10-11,14-15H,8-9,12-13,16H2,1H3,(H,29,31);3-4,7,10-13H,5-6,8-9,14H2,1-2H3,(H,28,32);3-6,9,12-13H,7-8,10-11,14H2,1-2H3,(H,28,32). The van der Waals surface area contributed by atoms with E-state index in [2.05, 4.69) is 46.1 Å². The molecule has 0 spiro atoms. The van der Waals surface area contributed by atoms with Crippen LogP contribution in [0.25, 0.3) is 0 Å². The van der Waals surface area contributed by atoms with Crippen LogP contribution in [-0.2, 0) is 60.4 Å². The molecule has 3 aliphatic rings. The average molecular weight is 1550 g/mol. The van der Waals surface area contributed by atoms with Gasteiger partial charge in [-0.1, -0.05) is 46.9 Å². The quantitative estimate of drug-likeness (QED) is 0.0673. The second-order valence-corrected chi connectivity index (χ2v) is 32.6. The van der Waals surface area contributed by atoms with Crippen molar-refractivity contribution in [3.05, 3.63) is 241 Å². The summed E-state index contributed by atoms with van der Waals surface area (Å²) in [5.41, 5.74) is -0.623. The van der Waals surface area contributed by atoms with Crippen LogP contribution in [0.15, 0.2) is 161 Å². The van der Waals surface area contributed by atoms with Crippen LogP contribution < -0.4 is 16.0 Å². The second-order valence-electron chi connectivity index (χ2n) is 25.6. The molecule has 34 heteroatoms. The highest BCUT2D eigenvalue weighted by Crippen LogP contribution is 2.41. The van der Waals surface area contributed by atoms with Crippen molar-refractivity contribution in [3.63, 3.8) is 0 Å². The highest BCUT2D eigenvalue weighted by atomic mass is 35.5. The lowest BCUT2D eigenvalue weighted by Gasteiger charge is -2.41. The maximum absolute atomic E-state index is 14.8. The van der Waals surface area contributed by atoms with E-state index in [1.807, 2.05) is 6.92 Å². The molecule has 6 aromatic heterocycles. The number of carbonyl (C=O) groups excluding carboxylic acids is 3. The number of aryl methyl sites for hydroxylation is 5. The molecule has 23 nitrogen and oxygen atoms in total. The number of rotatable bonds is 18. The third-order valence-electron chi connectivity index (χ3n) is 18.9. The van der Waals surface area contributed by atoms with Crippen LogP contribution in [0.4, 0.5) is 22.0 Å². The number of piperidine rings is 3. The van der Waals surface area contributed by atoms with Gasteiger partial charge in [0.05, 0.1) is 61.2 Å². The first kappa shape index (κ1) is 77.9. The first-order valence-corrected chi connectivity index (χ1v) is 38.0. The monoisotopic (exact) mass is 1550 g/mol. The molecule has 550 valence electrons. The van der Waals surface area contributed by atoms with Crippen LogP contribution >= 0.6 is 34.8 Å². The highest BCUT2D eigenvalue weighted by Gasteiger charge is 2.46. The van der Waals surface area contributed by atoms with E-state index in [0.717, 1.165) is 17.7 Å². The molecule has 3 aliphatic heterocycles. The Kier molecular flexibility index (Phi) is 24.3. The lowest BCUT2D eigenvalue weighted by atomic mass is 9.75. The fraction of sp³-hybridized carbons (Fsp3) is 0.329. The maximum atomic E-state index is 14.8. The van der Waals surface area contributed by atoms with Crippen LogP contribution in [-0.4, -0.2) is 154 Å². The summed E-state index contributed by atoms with van der Waals surface area (Å²) in [6.07, 6.45) is 13.9. The minimum Gasteiger partial charge on any atom is -0.351 e. The number of nitrogens with zero attached hydrogens (tertiary/aromatic N) is 11. The molecule has 3 fully saturated rings. The summed E-state index contributed by atoms with van der Waals surface area (Å²) >= 11 is 18.6. The zero-order valence-electron chi connectivity index (χ0n) is 56.8. The second kappa shape index (κ2) is 32.4. The van der Waals surface area contributed by atoms with Crippen LogP contribution in [0.2, 0.25) is 15.1 Å². The Balaban J connectivity index is 0.000000167. The third kappa shape index (κ3) is 17.0. The third-order valence-corrected chi connectivity index (χ3v) is 25.6. The number of amides is 3. The highest BCUT2D eigenvalue weighted by molar-refractivity contribution is 7.89. The summed E-state index contributed by atoms with van der Waals surface area (Å²) in [6.45, 7) is 5.65. The van der Waals surface area contributed by atoms with Crippen LogP contribution in [0.5, 0.6) is 0 Å². The van der Waals surface area contributed by atoms with Gasteiger partial charge < -0.3 is 16.0 Å². The SMILES string of the molecule is Cc1cc(Cl)c(C(=O)NCC2(c3ncccc3F)CCN(S(=O)(=O)c3cnn(C)c3)CC2)cc1F.Cc1ccc(C(=O)NCC2(c3ncccc3F)CCN(S(=O)(=O)c3cccnc3)CC2)c(Cl)c1.Cc1ccc(F)c(C(=O)NCC2(c3ncccc3F)CCN(S(=O)(=O)c3cnn(C)c3)CC2)c1Cl. The number of aromatic nitrogens is 8. The Morgan fingerprint density at radius 2 is 0.856 bits per heavy atom. The number of hydrogen-bond acceptors (Lipinski definition) is 15. The van der Waals surface area contributed by atoms with Gasteiger partial charge in [0.25, 0.3) is 17.7 Å². The topological polar surface area (TPSA) is 287 Å². The van der Waals surface area contributed by atoms with E-state index in [1.54, 1.807) is 45.3 Å². The summed E-state index contributed by atoms with van der Waals surface area (Å²) in [5.74, 6) is -4.69. The van der Waals surface area contributed by atoms with Crippen molar-refractivity contribution < 1.29 is 61.6 Å². The average Bonchev–Trinajstić information content (AvgIpc) is 1.05. The van der Waals surface area contributed by atoms with Crippen molar-refractivity contribution in [3.8, 4) is 0 Å². The lowest BCUT2D eigenvalue weighted by Crippen LogP contribution is -2.51. The predicted molar refractivity (Wildman–Crippen MR) is 378 cm³/mol. The van der Waals surface area contributed by atoms with Gasteiger partial charge in [-0.15, -0.1) is 0 Å². The van der Waals surface area contributed by atoms with Gasteiger partial charge in [0.1, 0.15) is 43.8 Å². The van der Waals surface area contributed by atoms with E-state index < -0.39 is 87.2 Å². The molecule has 3 aromatic carbocycles. The van der Waals surface area contributed by atoms with Gasteiger partial charge in [0.15, 0.2) is 0 Å². The Labute approximate surface area is 613 Å². The van der Waals surface area contributed by atoms with Crippen LogP contribution in [0.1, 0.15) is 103 Å². The summed E-state index contributed by atoms with van der Waals surface area (Å²) < 4.78 is 158. The fourth-order valence-corrected chi connectivity index (χ4v) is 17.9. The van der Waals surface area contributed by atoms with Gasteiger partial charge in [-0.05, 0) is 155 Å². The van der Waals surface area contributed by atoms with Crippen LogP contribution in [0.3, 0.4) is 0 Å². The van der Waals surface area contributed by atoms with E-state index in [9.17, 15) is 61.6 Å². The molecular formula is C70H72Cl3F5N14O9S3. The summed E-state index contributed by atoms with van der Waals surface area (Å²) in [4.78, 5) is 55.4. The number of sulfonamides is 3. The zero-order valence-corrected chi connectivity index (χ0v) is 61.5. The Hall–Kier alpha value is -8.66. The Bertz CT molecular complexity index is 5020. The van der Waals surface area contributed by atoms with E-state index in [4.69, 9.17) is 34.8 Å². The fourth-order valence-electron chi connectivity index (χ4n) is 12.8. The molecule has 0 atom stereocenters. The molecule has 0 saturated carbocycles. The number of halogens is 8. The van der Waals surface area contributed by atoms with Crippen molar-refractivity contribution in [2.24, 2.45) is 14.1 Å². The van der Waals surface area contributed by atoms with Gasteiger partial charge in [-0.2, -0.15) is 23.1 Å². The summed E-state index contributed by atoms with van der Waals surface area (Å²) in [5, 5.41) is 16.6. The Morgan fingerprint density at radius 1 is 0.452 bits per heavy atom. The van der Waals surface area contributed by atoms with Gasteiger partial charge in [-0.25, -0.2) is 47.2 Å². The van der Waals surface area contributed by atoms with E-state index in [1.165, 1.54) is 140 Å². The molecule has 0 unspecified atom stereocenters. The predicted octanol–water partition coefficient (Wildman–Crippen LogP) is 10.1. The van der Waals surface area contributed by atoms with Crippen molar-refractivity contribution >= 4 is 82.6 Å². The van der Waals surface area contributed by atoms with Gasteiger partial charge in [0.2, 0.25) is 30.1 Å². The smallest absolute Gasteiger partial charge is 0.255 e. The lowest BCUT2D eigenvalue weighted by molar-refractivity contribution is 0.0920. The number of benzene rings is 3. The molecule has 9 heterocycles. The normalized spacial score (nSPS) is 16.2. The molecule has 0 aliphatic carbocycles. The molecule has 104 heavy (non-hydrogen) atoms. The minimum absolute atomic E-state index is 0.00190. The molecule has 3 amide bonds. The van der Waals surface area contributed by atoms with Gasteiger partial charge >= 0.3 is 0 Å². The van der Waals surface area contributed by atoms with Gasteiger partial charge in [-0.3, -0.25) is 43.7 Å². The molecular weight excluding hydrogens is 1480 g/mol. The number of carbonyl (C=O) groups is 3. The van der Waals surface area contributed by atoms with E-state index >= 15 is 0 Å². The van der Waals surface area contributed by atoms with E-state index in [0.29, 0.717) is 21.7 Å². The molecule has 12 rings (SSSR count). The van der Waals surface area contributed by atoms with Crippen molar-refractivity contribution in [2.75, 3.05) is 58.9 Å². The number of nitrogens with one attached hydrogen (secondary N) is 3.